The Morgan fingerprint density at radius 2 is 2.11 bits per heavy atom. The highest BCUT2D eigenvalue weighted by Crippen LogP contribution is 2.26. The lowest BCUT2D eigenvalue weighted by molar-refractivity contribution is -0.137. The van der Waals surface area contributed by atoms with Crippen molar-refractivity contribution in [3.05, 3.63) is 12.3 Å². The standard InChI is InChI=1S/C9H11F3N6/c1-17-6(2-4-14-17)7-8(13)15-16-18(7)5-3-9(10,11)12/h2,4H,3,5,13H2,1H3. The SMILES string of the molecule is Cn1nccc1-c1c(N)nnn1CCC(F)(F)F. The van der Waals surface area contributed by atoms with Crippen LogP contribution in [-0.2, 0) is 13.6 Å². The average Bonchev–Trinajstić information content (AvgIpc) is 2.81. The Bertz CT molecular complexity index is 541. The maximum absolute atomic E-state index is 12.2. The van der Waals surface area contributed by atoms with E-state index < -0.39 is 12.6 Å². The Kier molecular flexibility index (Phi) is 2.97. The van der Waals surface area contributed by atoms with Gasteiger partial charge in [0.05, 0.1) is 18.7 Å². The Hall–Kier alpha value is -2.06. The molecular formula is C9H11F3N6. The van der Waals surface area contributed by atoms with Gasteiger partial charge in [-0.2, -0.15) is 18.3 Å². The number of rotatable bonds is 3. The molecular weight excluding hydrogens is 249 g/mol. The predicted molar refractivity (Wildman–Crippen MR) is 57.3 cm³/mol. The van der Waals surface area contributed by atoms with E-state index in [-0.39, 0.29) is 12.4 Å². The zero-order valence-corrected chi connectivity index (χ0v) is 9.52. The Morgan fingerprint density at radius 3 is 2.67 bits per heavy atom. The van der Waals surface area contributed by atoms with E-state index in [0.717, 1.165) is 4.68 Å². The second-order valence-electron chi connectivity index (χ2n) is 3.75. The number of hydrogen-bond donors (Lipinski definition) is 1. The van der Waals surface area contributed by atoms with Crippen molar-refractivity contribution in [3.63, 3.8) is 0 Å². The molecule has 9 heteroatoms. The van der Waals surface area contributed by atoms with Crippen molar-refractivity contribution in [1.82, 2.24) is 24.8 Å². The molecule has 18 heavy (non-hydrogen) atoms. The van der Waals surface area contributed by atoms with Gasteiger partial charge in [0, 0.05) is 13.2 Å². The van der Waals surface area contributed by atoms with Gasteiger partial charge in [-0.05, 0) is 6.07 Å². The molecule has 2 heterocycles. The highest BCUT2D eigenvalue weighted by atomic mass is 19.4. The number of hydrogen-bond acceptors (Lipinski definition) is 4. The molecule has 0 saturated carbocycles. The number of alkyl halides is 3. The fourth-order valence-electron chi connectivity index (χ4n) is 1.59. The number of nitrogens with zero attached hydrogens (tertiary/aromatic N) is 5. The number of halogens is 3. The predicted octanol–water partition coefficient (Wildman–Crippen LogP) is 1.21. The fraction of sp³-hybridized carbons (Fsp3) is 0.444. The quantitative estimate of drug-likeness (QED) is 0.900. The van der Waals surface area contributed by atoms with E-state index in [1.54, 1.807) is 13.1 Å². The summed E-state index contributed by atoms with van der Waals surface area (Å²) in [6.07, 6.45) is -3.71. The van der Waals surface area contributed by atoms with Crippen LogP contribution in [0.25, 0.3) is 11.4 Å². The van der Waals surface area contributed by atoms with Crippen molar-refractivity contribution in [2.24, 2.45) is 7.05 Å². The topological polar surface area (TPSA) is 74.6 Å². The molecule has 0 aliphatic heterocycles. The van der Waals surface area contributed by atoms with Crippen molar-refractivity contribution in [2.75, 3.05) is 5.73 Å². The number of aromatic nitrogens is 5. The van der Waals surface area contributed by atoms with Gasteiger partial charge < -0.3 is 5.73 Å². The number of aryl methyl sites for hydroxylation is 2. The van der Waals surface area contributed by atoms with Crippen LogP contribution in [0.2, 0.25) is 0 Å². The van der Waals surface area contributed by atoms with Crippen LogP contribution in [0.3, 0.4) is 0 Å². The Morgan fingerprint density at radius 1 is 1.39 bits per heavy atom. The van der Waals surface area contributed by atoms with Gasteiger partial charge in [-0.25, -0.2) is 4.68 Å². The third-order valence-corrected chi connectivity index (χ3v) is 2.43. The molecule has 2 N–H and O–H groups in total. The fourth-order valence-corrected chi connectivity index (χ4v) is 1.59. The minimum Gasteiger partial charge on any atom is -0.380 e. The van der Waals surface area contributed by atoms with E-state index in [1.165, 1.54) is 10.9 Å². The van der Waals surface area contributed by atoms with Crippen LogP contribution in [0.4, 0.5) is 19.0 Å². The monoisotopic (exact) mass is 260 g/mol. The van der Waals surface area contributed by atoms with Crippen LogP contribution >= 0.6 is 0 Å². The lowest BCUT2D eigenvalue weighted by Gasteiger charge is -2.09. The molecule has 0 bridgehead atoms. The van der Waals surface area contributed by atoms with Crippen molar-refractivity contribution in [3.8, 4) is 11.4 Å². The van der Waals surface area contributed by atoms with Gasteiger partial charge in [0.25, 0.3) is 0 Å². The lowest BCUT2D eigenvalue weighted by Crippen LogP contribution is -2.14. The van der Waals surface area contributed by atoms with E-state index in [4.69, 9.17) is 5.73 Å². The summed E-state index contributed by atoms with van der Waals surface area (Å²) in [6, 6.07) is 1.64. The maximum atomic E-state index is 12.2. The molecule has 0 aliphatic rings. The molecule has 0 atom stereocenters. The summed E-state index contributed by atoms with van der Waals surface area (Å²) in [6.45, 7) is -0.325. The summed E-state index contributed by atoms with van der Waals surface area (Å²) in [5.41, 5.74) is 6.54. The molecule has 2 rings (SSSR count). The first kappa shape index (κ1) is 12.4. The Labute approximate surface area is 100 Å². The molecule has 0 saturated heterocycles. The van der Waals surface area contributed by atoms with Crippen LogP contribution in [0, 0.1) is 0 Å². The number of nitrogen functional groups attached to an aromatic ring is 1. The van der Waals surface area contributed by atoms with Crippen LogP contribution in [-0.4, -0.2) is 31.0 Å². The zero-order chi connectivity index (χ0) is 13.3. The average molecular weight is 260 g/mol. The van der Waals surface area contributed by atoms with Gasteiger partial charge in [0.2, 0.25) is 0 Å². The normalized spacial score (nSPS) is 12.0. The molecule has 2 aromatic heterocycles. The molecule has 0 aliphatic carbocycles. The number of nitrogens with two attached hydrogens (primary N) is 1. The number of anilines is 1. The highest BCUT2D eigenvalue weighted by molar-refractivity contribution is 5.66. The lowest BCUT2D eigenvalue weighted by atomic mass is 10.3. The van der Waals surface area contributed by atoms with E-state index in [2.05, 4.69) is 15.4 Å². The molecule has 0 radical (unpaired) electrons. The summed E-state index contributed by atoms with van der Waals surface area (Å²) < 4.78 is 39.2. The second-order valence-corrected chi connectivity index (χ2v) is 3.75. The molecule has 0 amide bonds. The molecule has 0 spiro atoms. The van der Waals surface area contributed by atoms with Gasteiger partial charge in [0.15, 0.2) is 5.82 Å². The van der Waals surface area contributed by atoms with Crippen molar-refractivity contribution in [2.45, 2.75) is 19.1 Å². The van der Waals surface area contributed by atoms with E-state index in [0.29, 0.717) is 11.4 Å². The molecule has 2 aromatic rings. The van der Waals surface area contributed by atoms with Crippen molar-refractivity contribution >= 4 is 5.82 Å². The highest BCUT2D eigenvalue weighted by Gasteiger charge is 2.28. The molecule has 0 aromatic carbocycles. The smallest absolute Gasteiger partial charge is 0.380 e. The van der Waals surface area contributed by atoms with Gasteiger partial charge in [-0.15, -0.1) is 5.10 Å². The summed E-state index contributed by atoms with van der Waals surface area (Å²) >= 11 is 0. The minimum atomic E-state index is -4.25. The van der Waals surface area contributed by atoms with Gasteiger partial charge >= 0.3 is 6.18 Å². The summed E-state index contributed by atoms with van der Waals surface area (Å²) in [7, 11) is 1.66. The first-order chi connectivity index (χ1) is 8.38. The van der Waals surface area contributed by atoms with E-state index >= 15 is 0 Å². The van der Waals surface area contributed by atoms with Crippen LogP contribution < -0.4 is 5.73 Å². The largest absolute Gasteiger partial charge is 0.390 e. The van der Waals surface area contributed by atoms with Crippen LogP contribution in [0.5, 0.6) is 0 Å². The first-order valence-electron chi connectivity index (χ1n) is 5.12. The zero-order valence-electron chi connectivity index (χ0n) is 9.52. The molecule has 0 fully saturated rings. The third kappa shape index (κ3) is 2.44. The minimum absolute atomic E-state index is 0.0841. The molecule has 6 nitrogen and oxygen atoms in total. The molecule has 98 valence electrons. The van der Waals surface area contributed by atoms with Crippen LogP contribution in [0.1, 0.15) is 6.42 Å². The Balaban J connectivity index is 2.31. The summed E-state index contributed by atoms with van der Waals surface area (Å²) in [5, 5.41) is 11.1. The molecule has 0 unspecified atom stereocenters. The van der Waals surface area contributed by atoms with Gasteiger partial charge in [-0.3, -0.25) is 4.68 Å². The summed E-state index contributed by atoms with van der Waals surface area (Å²) in [4.78, 5) is 0. The van der Waals surface area contributed by atoms with E-state index in [1.807, 2.05) is 0 Å². The van der Waals surface area contributed by atoms with E-state index in [9.17, 15) is 13.2 Å². The summed E-state index contributed by atoms with van der Waals surface area (Å²) in [5.74, 6) is 0.0841. The van der Waals surface area contributed by atoms with Crippen molar-refractivity contribution < 1.29 is 13.2 Å². The van der Waals surface area contributed by atoms with Crippen molar-refractivity contribution in [1.29, 1.82) is 0 Å². The second kappa shape index (κ2) is 4.31. The maximum Gasteiger partial charge on any atom is 0.390 e. The van der Waals surface area contributed by atoms with Crippen LogP contribution in [0.15, 0.2) is 12.3 Å². The van der Waals surface area contributed by atoms with Gasteiger partial charge in [0.1, 0.15) is 5.69 Å². The first-order valence-corrected chi connectivity index (χ1v) is 5.12. The third-order valence-electron chi connectivity index (χ3n) is 2.43. The van der Waals surface area contributed by atoms with Gasteiger partial charge in [-0.1, -0.05) is 5.21 Å².